The fourth-order valence-corrected chi connectivity index (χ4v) is 5.67. The number of benzene rings is 1. The van der Waals surface area contributed by atoms with Crippen LogP contribution in [0.4, 0.5) is 0 Å². The van der Waals surface area contributed by atoms with E-state index in [4.69, 9.17) is 16.0 Å². The molecule has 0 unspecified atom stereocenters. The third-order valence-corrected chi connectivity index (χ3v) is 6.68. The van der Waals surface area contributed by atoms with Crippen molar-refractivity contribution in [3.63, 3.8) is 0 Å². The monoisotopic (exact) mass is 400 g/mol. The fourth-order valence-electron chi connectivity index (χ4n) is 3.22. The minimum atomic E-state index is 0.413. The fraction of sp³-hybridized carbons (Fsp3) is 0.222. The first-order valence-electron chi connectivity index (χ1n) is 8.24. The van der Waals surface area contributed by atoms with Crippen LogP contribution in [0.5, 0.6) is 0 Å². The second-order valence-corrected chi connectivity index (χ2v) is 8.50. The molecule has 0 fully saturated rings. The normalized spacial score (nSPS) is 13.5. The van der Waals surface area contributed by atoms with Gasteiger partial charge in [-0.1, -0.05) is 23.7 Å². The molecular weight excluding hydrogens is 388 g/mol. The van der Waals surface area contributed by atoms with Gasteiger partial charge in [0.15, 0.2) is 0 Å². The zero-order valence-corrected chi connectivity index (χ0v) is 16.2. The average molecular weight is 401 g/mol. The van der Waals surface area contributed by atoms with Crippen molar-refractivity contribution in [1.29, 1.82) is 0 Å². The summed E-state index contributed by atoms with van der Waals surface area (Å²) in [7, 11) is 0. The Balaban J connectivity index is 1.55. The Morgan fingerprint density at radius 3 is 2.92 bits per heavy atom. The smallest absolute Gasteiger partial charge is 0.283 e. The number of rotatable bonds is 3. The summed E-state index contributed by atoms with van der Waals surface area (Å²) >= 11 is 9.40. The summed E-state index contributed by atoms with van der Waals surface area (Å²) < 4.78 is 5.84. The minimum Gasteiger partial charge on any atom is -0.411 e. The summed E-state index contributed by atoms with van der Waals surface area (Å²) in [6.07, 6.45) is 3.42. The highest BCUT2D eigenvalue weighted by molar-refractivity contribution is 7.99. The van der Waals surface area contributed by atoms with Crippen molar-refractivity contribution in [3.05, 3.63) is 45.6 Å². The van der Waals surface area contributed by atoms with Crippen molar-refractivity contribution in [3.8, 4) is 11.5 Å². The third-order valence-electron chi connectivity index (χ3n) is 4.34. The van der Waals surface area contributed by atoms with Gasteiger partial charge in [0.05, 0.1) is 10.6 Å². The van der Waals surface area contributed by atoms with Gasteiger partial charge in [0.25, 0.3) is 5.22 Å². The number of nitrogens with zero attached hydrogens (tertiary/aromatic N) is 4. The lowest BCUT2D eigenvalue weighted by atomic mass is 10.2. The van der Waals surface area contributed by atoms with E-state index in [1.165, 1.54) is 28.6 Å². The standard InChI is InChI=1S/C18H13ClN4OS2/c1-9-20-16-14(11-6-4-8-13(11)25-16)17(21-9)26-18-23-22-15(24-18)10-5-2-3-7-12(10)19/h2-3,5,7H,4,6,8H2,1H3. The molecule has 1 aliphatic carbocycles. The highest BCUT2D eigenvalue weighted by atomic mass is 35.5. The van der Waals surface area contributed by atoms with Crippen LogP contribution in [-0.4, -0.2) is 20.2 Å². The van der Waals surface area contributed by atoms with E-state index in [0.717, 1.165) is 39.5 Å². The van der Waals surface area contributed by atoms with Crippen molar-refractivity contribution in [2.75, 3.05) is 0 Å². The average Bonchev–Trinajstić information content (AvgIpc) is 3.30. The number of aryl methyl sites for hydroxylation is 3. The van der Waals surface area contributed by atoms with Gasteiger partial charge in [0, 0.05) is 10.3 Å². The molecule has 0 saturated heterocycles. The van der Waals surface area contributed by atoms with Crippen molar-refractivity contribution in [1.82, 2.24) is 20.2 Å². The molecule has 5 nitrogen and oxygen atoms in total. The van der Waals surface area contributed by atoms with E-state index in [1.807, 2.05) is 25.1 Å². The van der Waals surface area contributed by atoms with Crippen LogP contribution in [0.2, 0.25) is 5.02 Å². The van der Waals surface area contributed by atoms with Crippen LogP contribution in [0, 0.1) is 6.92 Å². The number of thiophene rings is 1. The number of hydrogen-bond donors (Lipinski definition) is 0. The Bertz CT molecular complexity index is 1140. The summed E-state index contributed by atoms with van der Waals surface area (Å²) in [6.45, 7) is 1.91. The lowest BCUT2D eigenvalue weighted by Crippen LogP contribution is -1.92. The lowest BCUT2D eigenvalue weighted by Gasteiger charge is -2.02. The highest BCUT2D eigenvalue weighted by Gasteiger charge is 2.23. The summed E-state index contributed by atoms with van der Waals surface area (Å²) in [6, 6.07) is 7.43. The number of aromatic nitrogens is 4. The second-order valence-electron chi connectivity index (χ2n) is 6.07. The molecule has 0 N–H and O–H groups in total. The molecule has 130 valence electrons. The van der Waals surface area contributed by atoms with Crippen LogP contribution in [0.25, 0.3) is 21.7 Å². The molecule has 3 heterocycles. The second kappa shape index (κ2) is 6.33. The molecule has 8 heteroatoms. The van der Waals surface area contributed by atoms with Crippen molar-refractivity contribution < 1.29 is 4.42 Å². The van der Waals surface area contributed by atoms with E-state index in [-0.39, 0.29) is 0 Å². The first kappa shape index (κ1) is 16.2. The molecule has 0 radical (unpaired) electrons. The topological polar surface area (TPSA) is 64.7 Å². The van der Waals surface area contributed by atoms with E-state index < -0.39 is 0 Å². The molecule has 4 aromatic rings. The number of hydrogen-bond acceptors (Lipinski definition) is 7. The van der Waals surface area contributed by atoms with Gasteiger partial charge in [0.2, 0.25) is 5.89 Å². The first-order valence-corrected chi connectivity index (χ1v) is 10.3. The van der Waals surface area contributed by atoms with Crippen molar-refractivity contribution >= 4 is 44.9 Å². The highest BCUT2D eigenvalue weighted by Crippen LogP contribution is 2.42. The maximum Gasteiger partial charge on any atom is 0.283 e. The predicted molar refractivity (Wildman–Crippen MR) is 103 cm³/mol. The van der Waals surface area contributed by atoms with Gasteiger partial charge in [-0.05, 0) is 55.6 Å². The molecule has 0 saturated carbocycles. The first-order chi connectivity index (χ1) is 12.7. The molecule has 26 heavy (non-hydrogen) atoms. The van der Waals surface area contributed by atoms with E-state index in [0.29, 0.717) is 16.1 Å². The van der Waals surface area contributed by atoms with Gasteiger partial charge in [0.1, 0.15) is 15.7 Å². The van der Waals surface area contributed by atoms with E-state index in [2.05, 4.69) is 20.2 Å². The summed E-state index contributed by atoms with van der Waals surface area (Å²) in [5, 5.41) is 11.4. The van der Waals surface area contributed by atoms with Crippen LogP contribution in [0.15, 0.2) is 38.9 Å². The van der Waals surface area contributed by atoms with Gasteiger partial charge >= 0.3 is 0 Å². The Hall–Kier alpha value is -1.96. The van der Waals surface area contributed by atoms with Crippen LogP contribution < -0.4 is 0 Å². The Morgan fingerprint density at radius 2 is 2.04 bits per heavy atom. The van der Waals surface area contributed by atoms with E-state index in [9.17, 15) is 0 Å². The van der Waals surface area contributed by atoms with Gasteiger partial charge in [-0.2, -0.15) is 0 Å². The molecule has 1 aromatic carbocycles. The van der Waals surface area contributed by atoms with Crippen LogP contribution >= 0.6 is 34.7 Å². The molecule has 0 aliphatic heterocycles. The summed E-state index contributed by atoms with van der Waals surface area (Å²) in [5.41, 5.74) is 2.12. The van der Waals surface area contributed by atoms with Gasteiger partial charge in [-0.3, -0.25) is 0 Å². The molecule has 1 aliphatic rings. The maximum absolute atomic E-state index is 6.22. The van der Waals surface area contributed by atoms with Gasteiger partial charge in [-0.15, -0.1) is 21.5 Å². The van der Waals surface area contributed by atoms with Crippen LogP contribution in [-0.2, 0) is 12.8 Å². The van der Waals surface area contributed by atoms with Crippen LogP contribution in [0.3, 0.4) is 0 Å². The van der Waals surface area contributed by atoms with Crippen molar-refractivity contribution in [2.45, 2.75) is 36.4 Å². The third kappa shape index (κ3) is 2.71. The quantitative estimate of drug-likeness (QED) is 0.432. The zero-order chi connectivity index (χ0) is 17.7. The van der Waals surface area contributed by atoms with Crippen molar-refractivity contribution in [2.24, 2.45) is 0 Å². The Labute approximate surface area is 162 Å². The summed E-state index contributed by atoms with van der Waals surface area (Å²) in [5.74, 6) is 1.17. The predicted octanol–water partition coefficient (Wildman–Crippen LogP) is 5.34. The van der Waals surface area contributed by atoms with Gasteiger partial charge in [-0.25, -0.2) is 9.97 Å². The SMILES string of the molecule is Cc1nc(Sc2nnc(-c3ccccc3Cl)o2)c2c3c(sc2n1)CCC3. The minimum absolute atomic E-state index is 0.413. The molecule has 0 spiro atoms. The Kier molecular flexibility index (Phi) is 3.95. The molecule has 0 amide bonds. The molecule has 0 bridgehead atoms. The largest absolute Gasteiger partial charge is 0.411 e. The zero-order valence-electron chi connectivity index (χ0n) is 13.8. The lowest BCUT2D eigenvalue weighted by molar-refractivity contribution is 0.465. The van der Waals surface area contributed by atoms with E-state index in [1.54, 1.807) is 17.4 Å². The maximum atomic E-state index is 6.22. The molecular formula is C18H13ClN4OS2. The molecule has 5 rings (SSSR count). The Morgan fingerprint density at radius 1 is 1.15 bits per heavy atom. The van der Waals surface area contributed by atoms with Crippen LogP contribution in [0.1, 0.15) is 22.7 Å². The molecule has 0 atom stereocenters. The number of fused-ring (bicyclic) bond motifs is 3. The van der Waals surface area contributed by atoms with Gasteiger partial charge < -0.3 is 4.42 Å². The van der Waals surface area contributed by atoms with E-state index >= 15 is 0 Å². The number of halogens is 1. The summed E-state index contributed by atoms with van der Waals surface area (Å²) in [4.78, 5) is 11.8. The molecule has 3 aromatic heterocycles.